The average Bonchev–Trinajstić information content (AvgIpc) is 3.43. The molecule has 1 fully saturated rings. The van der Waals surface area contributed by atoms with Crippen LogP contribution in [0.25, 0.3) is 5.69 Å². The summed E-state index contributed by atoms with van der Waals surface area (Å²) in [7, 11) is 0. The van der Waals surface area contributed by atoms with Gasteiger partial charge in [-0.1, -0.05) is 12.1 Å². The van der Waals surface area contributed by atoms with Crippen LogP contribution in [0.2, 0.25) is 0 Å². The van der Waals surface area contributed by atoms with Crippen molar-refractivity contribution in [3.05, 3.63) is 71.7 Å². The molecule has 0 aliphatic carbocycles. The fourth-order valence-corrected chi connectivity index (χ4v) is 3.42. The van der Waals surface area contributed by atoms with Gasteiger partial charge >= 0.3 is 6.18 Å². The van der Waals surface area contributed by atoms with Gasteiger partial charge in [-0.25, -0.2) is 9.07 Å². The predicted molar refractivity (Wildman–Crippen MR) is 99.0 cm³/mol. The Labute approximate surface area is 173 Å². The van der Waals surface area contributed by atoms with Gasteiger partial charge < -0.3 is 14.2 Å². The van der Waals surface area contributed by atoms with Gasteiger partial charge in [0.25, 0.3) is 11.8 Å². The van der Waals surface area contributed by atoms with E-state index in [1.165, 1.54) is 34.3 Å². The molecule has 1 aliphatic rings. The highest BCUT2D eigenvalue weighted by atomic mass is 19.4. The van der Waals surface area contributed by atoms with E-state index in [2.05, 4.69) is 5.10 Å². The standard InChI is InChI=1S/C20H16F4N4O3/c21-14-4-1-2-5-15(14)28-17(20(22,23)24)13(12-25-28)18(29)26-7-9-27(10-8-26)19(30)16-6-3-11-31-16/h1-6,11-12H,7-10H2. The summed E-state index contributed by atoms with van der Waals surface area (Å²) in [5.41, 5.74) is -2.44. The number of carbonyl (C=O) groups is 2. The minimum Gasteiger partial charge on any atom is -0.459 e. The summed E-state index contributed by atoms with van der Waals surface area (Å²) >= 11 is 0. The number of rotatable bonds is 3. The third-order valence-corrected chi connectivity index (χ3v) is 4.93. The molecule has 0 saturated carbocycles. The lowest BCUT2D eigenvalue weighted by Crippen LogP contribution is -2.50. The van der Waals surface area contributed by atoms with Crippen LogP contribution in [0.5, 0.6) is 0 Å². The Hall–Kier alpha value is -3.63. The predicted octanol–water partition coefficient (Wildman–Crippen LogP) is 3.22. The SMILES string of the molecule is O=C(c1ccco1)N1CCN(C(=O)c2cnn(-c3ccccc3F)c2C(F)(F)F)CC1. The molecule has 1 aliphatic heterocycles. The van der Waals surface area contributed by atoms with Crippen molar-refractivity contribution < 1.29 is 31.6 Å². The maximum atomic E-state index is 14.1. The number of alkyl halides is 3. The maximum absolute atomic E-state index is 14.1. The Morgan fingerprint density at radius 3 is 2.16 bits per heavy atom. The number of hydrogen-bond donors (Lipinski definition) is 0. The van der Waals surface area contributed by atoms with E-state index in [-0.39, 0.29) is 37.8 Å². The molecule has 0 radical (unpaired) electrons. The molecule has 7 nitrogen and oxygen atoms in total. The summed E-state index contributed by atoms with van der Waals surface area (Å²) in [6.07, 6.45) is -2.79. The van der Waals surface area contributed by atoms with Crippen LogP contribution in [0.1, 0.15) is 26.6 Å². The van der Waals surface area contributed by atoms with Crippen LogP contribution in [0, 0.1) is 5.82 Å². The summed E-state index contributed by atoms with van der Waals surface area (Å²) in [6, 6.07) is 7.94. The van der Waals surface area contributed by atoms with Crippen LogP contribution >= 0.6 is 0 Å². The van der Waals surface area contributed by atoms with Crippen molar-refractivity contribution in [1.29, 1.82) is 0 Å². The summed E-state index contributed by atoms with van der Waals surface area (Å²) < 4.78 is 60.9. The van der Waals surface area contributed by atoms with Gasteiger partial charge in [0, 0.05) is 26.2 Å². The molecule has 11 heteroatoms. The number of furan rings is 1. The molecule has 162 valence electrons. The van der Waals surface area contributed by atoms with E-state index in [0.29, 0.717) is 4.68 Å². The van der Waals surface area contributed by atoms with Gasteiger partial charge in [-0.2, -0.15) is 18.3 Å². The highest BCUT2D eigenvalue weighted by Crippen LogP contribution is 2.34. The van der Waals surface area contributed by atoms with Gasteiger partial charge in [0.2, 0.25) is 0 Å². The topological polar surface area (TPSA) is 71.6 Å². The van der Waals surface area contributed by atoms with Crippen molar-refractivity contribution in [1.82, 2.24) is 19.6 Å². The summed E-state index contributed by atoms with van der Waals surface area (Å²) in [5, 5.41) is 3.64. The normalized spacial score (nSPS) is 14.7. The first-order valence-corrected chi connectivity index (χ1v) is 9.29. The van der Waals surface area contributed by atoms with E-state index >= 15 is 0 Å². The molecule has 1 saturated heterocycles. The molecule has 0 N–H and O–H groups in total. The summed E-state index contributed by atoms with van der Waals surface area (Å²) in [6.45, 7) is 0.336. The molecular formula is C20H16F4N4O3. The van der Waals surface area contributed by atoms with Crippen molar-refractivity contribution in [3.63, 3.8) is 0 Å². The van der Waals surface area contributed by atoms with Gasteiger partial charge in [0.15, 0.2) is 11.5 Å². The van der Waals surface area contributed by atoms with Gasteiger partial charge in [-0.15, -0.1) is 0 Å². The number of halogens is 4. The lowest BCUT2D eigenvalue weighted by atomic mass is 10.1. The zero-order valence-electron chi connectivity index (χ0n) is 16.0. The molecule has 3 aromatic rings. The van der Waals surface area contributed by atoms with Gasteiger partial charge in [-0.05, 0) is 24.3 Å². The second-order valence-corrected chi connectivity index (χ2v) is 6.83. The van der Waals surface area contributed by atoms with Crippen LogP contribution in [0.3, 0.4) is 0 Å². The van der Waals surface area contributed by atoms with E-state index in [9.17, 15) is 27.2 Å². The van der Waals surface area contributed by atoms with E-state index in [4.69, 9.17) is 4.42 Å². The highest BCUT2D eigenvalue weighted by molar-refractivity contribution is 5.96. The maximum Gasteiger partial charge on any atom is 0.434 e. The van der Waals surface area contributed by atoms with Gasteiger partial charge in [0.05, 0.1) is 18.0 Å². The van der Waals surface area contributed by atoms with Gasteiger partial charge in [0.1, 0.15) is 11.5 Å². The first-order chi connectivity index (χ1) is 14.8. The average molecular weight is 436 g/mol. The second-order valence-electron chi connectivity index (χ2n) is 6.83. The summed E-state index contributed by atoms with van der Waals surface area (Å²) in [5.74, 6) is -2.01. The zero-order valence-corrected chi connectivity index (χ0v) is 16.0. The van der Waals surface area contributed by atoms with Crippen molar-refractivity contribution >= 4 is 11.8 Å². The fourth-order valence-electron chi connectivity index (χ4n) is 3.42. The third-order valence-electron chi connectivity index (χ3n) is 4.93. The van der Waals surface area contributed by atoms with Crippen molar-refractivity contribution in [2.75, 3.05) is 26.2 Å². The van der Waals surface area contributed by atoms with Gasteiger partial charge in [-0.3, -0.25) is 9.59 Å². The molecule has 0 unspecified atom stereocenters. The molecular weight excluding hydrogens is 420 g/mol. The number of hydrogen-bond acceptors (Lipinski definition) is 4. The number of aromatic nitrogens is 2. The van der Waals surface area contributed by atoms with Crippen molar-refractivity contribution in [3.8, 4) is 5.69 Å². The van der Waals surface area contributed by atoms with Crippen molar-refractivity contribution in [2.45, 2.75) is 6.18 Å². The Morgan fingerprint density at radius 2 is 1.58 bits per heavy atom. The first-order valence-electron chi connectivity index (χ1n) is 9.29. The van der Waals surface area contributed by atoms with E-state index in [1.807, 2.05) is 0 Å². The molecule has 1 aromatic carbocycles. The first kappa shape index (κ1) is 20.6. The lowest BCUT2D eigenvalue weighted by molar-refractivity contribution is -0.143. The minimum atomic E-state index is -4.94. The van der Waals surface area contributed by atoms with Crippen LogP contribution in [-0.4, -0.2) is 57.6 Å². The molecule has 0 bridgehead atoms. The molecule has 31 heavy (non-hydrogen) atoms. The number of para-hydroxylation sites is 1. The molecule has 3 heterocycles. The molecule has 2 amide bonds. The van der Waals surface area contributed by atoms with E-state index in [1.54, 1.807) is 6.07 Å². The van der Waals surface area contributed by atoms with Crippen molar-refractivity contribution in [2.24, 2.45) is 0 Å². The smallest absolute Gasteiger partial charge is 0.434 e. The largest absolute Gasteiger partial charge is 0.459 e. The lowest BCUT2D eigenvalue weighted by Gasteiger charge is -2.34. The quantitative estimate of drug-likeness (QED) is 0.592. The number of carbonyl (C=O) groups excluding carboxylic acids is 2. The molecule has 4 rings (SSSR count). The molecule has 0 spiro atoms. The summed E-state index contributed by atoms with van der Waals surface area (Å²) in [4.78, 5) is 27.8. The van der Waals surface area contributed by atoms with Crippen LogP contribution in [0.4, 0.5) is 17.6 Å². The molecule has 0 atom stereocenters. The second kappa shape index (κ2) is 7.89. The Morgan fingerprint density at radius 1 is 0.935 bits per heavy atom. The zero-order chi connectivity index (χ0) is 22.2. The van der Waals surface area contributed by atoms with Crippen LogP contribution < -0.4 is 0 Å². The number of amides is 2. The molecule has 2 aromatic heterocycles. The third kappa shape index (κ3) is 3.90. The Bertz CT molecular complexity index is 1100. The Balaban J connectivity index is 1.57. The van der Waals surface area contributed by atoms with Crippen LogP contribution in [-0.2, 0) is 6.18 Å². The fraction of sp³-hybridized carbons (Fsp3) is 0.250. The minimum absolute atomic E-state index is 0.0352. The highest BCUT2D eigenvalue weighted by Gasteiger charge is 2.42. The number of benzene rings is 1. The Kier molecular flexibility index (Phi) is 5.25. The van der Waals surface area contributed by atoms with E-state index < -0.39 is 34.8 Å². The van der Waals surface area contributed by atoms with Crippen LogP contribution in [0.15, 0.2) is 53.3 Å². The number of piperazine rings is 1. The van der Waals surface area contributed by atoms with E-state index in [0.717, 1.165) is 18.3 Å². The number of nitrogens with zero attached hydrogens (tertiary/aromatic N) is 4. The monoisotopic (exact) mass is 436 g/mol.